The van der Waals surface area contributed by atoms with Crippen molar-refractivity contribution in [3.8, 4) is 0 Å². The van der Waals surface area contributed by atoms with Gasteiger partial charge < -0.3 is 9.72 Å². The molecule has 0 fully saturated rings. The molecule has 0 aliphatic heterocycles. The number of H-pyrrole nitrogens is 1. The van der Waals surface area contributed by atoms with Gasteiger partial charge in [-0.25, -0.2) is 17.8 Å². The van der Waals surface area contributed by atoms with Crippen LogP contribution in [0.4, 0.5) is 13.2 Å². The number of alkyl halides is 3. The Morgan fingerprint density at radius 1 is 1.27 bits per heavy atom. The molecule has 1 aromatic heterocycles. The van der Waals surface area contributed by atoms with E-state index in [9.17, 15) is 31.2 Å². The number of ether oxygens (including phenoxy) is 1. The highest BCUT2D eigenvalue weighted by molar-refractivity contribution is 7.89. The van der Waals surface area contributed by atoms with E-state index in [-0.39, 0.29) is 22.9 Å². The Morgan fingerprint density at radius 2 is 1.88 bits per heavy atom. The Kier molecular flexibility index (Phi) is 5.34. The second-order valence-electron chi connectivity index (χ2n) is 5.83. The van der Waals surface area contributed by atoms with Crippen LogP contribution >= 0.6 is 0 Å². The molecule has 2 rings (SSSR count). The molecule has 1 atom stereocenters. The van der Waals surface area contributed by atoms with Crippen molar-refractivity contribution in [2.45, 2.75) is 31.5 Å². The van der Waals surface area contributed by atoms with E-state index >= 15 is 0 Å². The fourth-order valence-electron chi connectivity index (χ4n) is 2.69. The van der Waals surface area contributed by atoms with Crippen LogP contribution in [-0.4, -0.2) is 31.3 Å². The summed E-state index contributed by atoms with van der Waals surface area (Å²) >= 11 is 0. The van der Waals surface area contributed by atoms with Gasteiger partial charge in [-0.1, -0.05) is 6.92 Å². The first kappa shape index (κ1) is 20.2. The molecule has 0 saturated carbocycles. The summed E-state index contributed by atoms with van der Waals surface area (Å²) in [6, 6.07) is 1.66. The fraction of sp³-hybridized carbons (Fsp3) is 0.467. The average Bonchev–Trinajstić information content (AvgIpc) is 2.50. The van der Waals surface area contributed by atoms with Crippen LogP contribution in [0.25, 0.3) is 10.9 Å². The lowest BCUT2D eigenvalue weighted by atomic mass is 9.97. The predicted octanol–water partition coefficient (Wildman–Crippen LogP) is 1.81. The first-order valence-corrected chi connectivity index (χ1v) is 9.53. The molecule has 26 heavy (non-hydrogen) atoms. The minimum Gasteiger partial charge on any atom is -0.377 e. The number of hydrogen-bond acceptors (Lipinski definition) is 5. The number of halogens is 3. The van der Waals surface area contributed by atoms with E-state index in [1.807, 2.05) is 0 Å². The zero-order valence-electron chi connectivity index (χ0n) is 14.2. The standard InChI is InChI=1S/C15H17F3N2O5S/c1-4-12(25-2)8-5-9-11(6-10(8)15(16,17)18)19-14(22)20(13(9)21)7-26(3,23)24/h5-6,12H,4,7H2,1-3H3,(H,19,22). The quantitative estimate of drug-likeness (QED) is 0.834. The van der Waals surface area contributed by atoms with Gasteiger partial charge in [0.1, 0.15) is 5.88 Å². The van der Waals surface area contributed by atoms with Crippen molar-refractivity contribution in [2.24, 2.45) is 0 Å². The molecule has 0 radical (unpaired) electrons. The third-order valence-corrected chi connectivity index (χ3v) is 4.55. The van der Waals surface area contributed by atoms with E-state index < -0.39 is 44.8 Å². The number of benzene rings is 1. The molecule has 0 spiro atoms. The molecular formula is C15H17F3N2O5S. The summed E-state index contributed by atoms with van der Waals surface area (Å²) in [5.74, 6) is -0.880. The van der Waals surface area contributed by atoms with Crippen molar-refractivity contribution in [1.29, 1.82) is 0 Å². The first-order chi connectivity index (χ1) is 11.9. The second-order valence-corrected chi connectivity index (χ2v) is 7.94. The number of aromatic nitrogens is 2. The highest BCUT2D eigenvalue weighted by Crippen LogP contribution is 2.37. The molecule has 0 aliphatic carbocycles. The Balaban J connectivity index is 2.91. The van der Waals surface area contributed by atoms with Gasteiger partial charge in [0.15, 0.2) is 9.84 Å². The molecular weight excluding hydrogens is 377 g/mol. The van der Waals surface area contributed by atoms with Crippen molar-refractivity contribution < 1.29 is 26.3 Å². The minimum atomic E-state index is -4.73. The number of aromatic amines is 1. The lowest BCUT2D eigenvalue weighted by Crippen LogP contribution is -2.37. The van der Waals surface area contributed by atoms with E-state index in [0.717, 1.165) is 12.3 Å². The number of nitrogens with one attached hydrogen (secondary N) is 1. The number of fused-ring (bicyclic) bond motifs is 1. The number of sulfone groups is 1. The molecule has 0 amide bonds. The summed E-state index contributed by atoms with van der Waals surface area (Å²) in [5.41, 5.74) is -3.71. The minimum absolute atomic E-state index is 0.214. The van der Waals surface area contributed by atoms with Crippen LogP contribution in [0, 0.1) is 0 Å². The van der Waals surface area contributed by atoms with E-state index in [1.54, 1.807) is 6.92 Å². The van der Waals surface area contributed by atoms with Gasteiger partial charge in [0.05, 0.1) is 22.6 Å². The molecule has 1 unspecified atom stereocenters. The van der Waals surface area contributed by atoms with Crippen molar-refractivity contribution in [1.82, 2.24) is 9.55 Å². The van der Waals surface area contributed by atoms with Crippen LogP contribution in [0.5, 0.6) is 0 Å². The van der Waals surface area contributed by atoms with Crippen LogP contribution < -0.4 is 11.2 Å². The topological polar surface area (TPSA) is 98.2 Å². The SMILES string of the molecule is CCC(OC)c1cc2c(=O)n(CS(C)(=O)=O)c(=O)[nH]c2cc1C(F)(F)F. The highest BCUT2D eigenvalue weighted by atomic mass is 32.2. The third kappa shape index (κ3) is 3.98. The van der Waals surface area contributed by atoms with Crippen molar-refractivity contribution >= 4 is 20.7 Å². The molecule has 1 N–H and O–H groups in total. The van der Waals surface area contributed by atoms with Gasteiger partial charge in [0.25, 0.3) is 5.56 Å². The molecule has 11 heteroatoms. The maximum atomic E-state index is 13.4. The molecule has 144 valence electrons. The van der Waals surface area contributed by atoms with Crippen LogP contribution in [0.15, 0.2) is 21.7 Å². The first-order valence-electron chi connectivity index (χ1n) is 7.47. The van der Waals surface area contributed by atoms with Gasteiger partial charge in [-0.3, -0.25) is 4.79 Å². The molecule has 0 bridgehead atoms. The average molecular weight is 394 g/mol. The largest absolute Gasteiger partial charge is 0.416 e. The number of methoxy groups -OCH3 is 1. The number of nitrogens with zero attached hydrogens (tertiary/aromatic N) is 1. The summed E-state index contributed by atoms with van der Waals surface area (Å²) in [5, 5.41) is -0.230. The molecule has 1 heterocycles. The second kappa shape index (κ2) is 6.88. The van der Waals surface area contributed by atoms with E-state index in [0.29, 0.717) is 10.6 Å². The van der Waals surface area contributed by atoms with Crippen LogP contribution in [-0.2, 0) is 26.6 Å². The van der Waals surface area contributed by atoms with Crippen LogP contribution in [0.3, 0.4) is 0 Å². The van der Waals surface area contributed by atoms with Gasteiger partial charge in [-0.15, -0.1) is 0 Å². The maximum absolute atomic E-state index is 13.4. The zero-order chi connectivity index (χ0) is 19.9. The number of rotatable bonds is 5. The van der Waals surface area contributed by atoms with Gasteiger partial charge in [0, 0.05) is 13.4 Å². The maximum Gasteiger partial charge on any atom is 0.416 e. The third-order valence-electron chi connectivity index (χ3n) is 3.82. The molecule has 7 nitrogen and oxygen atoms in total. The lowest BCUT2D eigenvalue weighted by molar-refractivity contribution is -0.139. The monoisotopic (exact) mass is 394 g/mol. The summed E-state index contributed by atoms with van der Waals surface area (Å²) < 4.78 is 68.5. The summed E-state index contributed by atoms with van der Waals surface area (Å²) in [4.78, 5) is 26.6. The van der Waals surface area contributed by atoms with E-state index in [1.165, 1.54) is 7.11 Å². The summed E-state index contributed by atoms with van der Waals surface area (Å²) in [6.45, 7) is 1.62. The smallest absolute Gasteiger partial charge is 0.377 e. The van der Waals surface area contributed by atoms with Gasteiger partial charge in [0.2, 0.25) is 0 Å². The van der Waals surface area contributed by atoms with Gasteiger partial charge in [-0.05, 0) is 24.1 Å². The summed E-state index contributed by atoms with van der Waals surface area (Å²) in [7, 11) is -2.48. The Labute approximate surface area is 146 Å². The molecule has 2 aromatic rings. The van der Waals surface area contributed by atoms with Crippen molar-refractivity contribution in [3.05, 3.63) is 44.1 Å². The molecule has 0 saturated heterocycles. The Bertz CT molecular complexity index is 1050. The zero-order valence-corrected chi connectivity index (χ0v) is 15.0. The Morgan fingerprint density at radius 3 is 2.35 bits per heavy atom. The van der Waals surface area contributed by atoms with Crippen molar-refractivity contribution in [3.63, 3.8) is 0 Å². The van der Waals surface area contributed by atoms with Crippen LogP contribution in [0.1, 0.15) is 30.6 Å². The molecule has 1 aromatic carbocycles. The predicted molar refractivity (Wildman–Crippen MR) is 88.7 cm³/mol. The molecule has 0 aliphatic rings. The van der Waals surface area contributed by atoms with Gasteiger partial charge >= 0.3 is 11.9 Å². The van der Waals surface area contributed by atoms with E-state index in [4.69, 9.17) is 4.74 Å². The highest BCUT2D eigenvalue weighted by Gasteiger charge is 2.36. The van der Waals surface area contributed by atoms with Gasteiger partial charge in [-0.2, -0.15) is 13.2 Å². The number of hydrogen-bond donors (Lipinski definition) is 1. The normalized spacial score (nSPS) is 13.9. The summed E-state index contributed by atoms with van der Waals surface area (Å²) in [6.07, 6.45) is -4.61. The van der Waals surface area contributed by atoms with E-state index in [2.05, 4.69) is 4.98 Å². The Hall–Kier alpha value is -2.14. The van der Waals surface area contributed by atoms with Crippen LogP contribution in [0.2, 0.25) is 0 Å². The fourth-order valence-corrected chi connectivity index (χ4v) is 3.40. The van der Waals surface area contributed by atoms with Crippen molar-refractivity contribution in [2.75, 3.05) is 13.4 Å². The lowest BCUT2D eigenvalue weighted by Gasteiger charge is -2.20.